The van der Waals surface area contributed by atoms with Crippen LogP contribution in [0.3, 0.4) is 0 Å². The Labute approximate surface area is 129 Å². The Bertz CT molecular complexity index is 532. The molecule has 0 radical (unpaired) electrons. The number of hydrogen-bond acceptors (Lipinski definition) is 2. The molecule has 0 aromatic heterocycles. The summed E-state index contributed by atoms with van der Waals surface area (Å²) in [5, 5.41) is 0. The van der Waals surface area contributed by atoms with Gasteiger partial charge < -0.3 is 4.74 Å². The zero-order valence-corrected chi connectivity index (χ0v) is 14.4. The van der Waals surface area contributed by atoms with Gasteiger partial charge in [0, 0.05) is 16.6 Å². The van der Waals surface area contributed by atoms with Crippen molar-refractivity contribution in [1.82, 2.24) is 4.90 Å². The number of fused-ring (bicyclic) bond motifs is 1. The SMILES string of the molecule is CC(C)(C)OC(=O)N1Cc2cccc(Br)c2CC1(C)C. The molecule has 0 bridgehead atoms. The number of carbonyl (C=O) groups is 1. The van der Waals surface area contributed by atoms with E-state index in [1.165, 1.54) is 11.1 Å². The second kappa shape index (κ2) is 5.06. The monoisotopic (exact) mass is 339 g/mol. The van der Waals surface area contributed by atoms with Gasteiger partial charge in [-0.05, 0) is 58.2 Å². The Morgan fingerprint density at radius 3 is 2.60 bits per heavy atom. The van der Waals surface area contributed by atoms with E-state index in [9.17, 15) is 4.79 Å². The van der Waals surface area contributed by atoms with Crippen LogP contribution >= 0.6 is 15.9 Å². The van der Waals surface area contributed by atoms with Gasteiger partial charge in [-0.3, -0.25) is 4.90 Å². The van der Waals surface area contributed by atoms with Crippen LogP contribution in [-0.4, -0.2) is 22.1 Å². The van der Waals surface area contributed by atoms with Crippen LogP contribution in [0.1, 0.15) is 45.7 Å². The molecule has 0 atom stereocenters. The Balaban J connectivity index is 2.30. The van der Waals surface area contributed by atoms with Gasteiger partial charge in [-0.1, -0.05) is 28.1 Å². The molecule has 1 aromatic carbocycles. The molecule has 0 N–H and O–H groups in total. The molecule has 1 aliphatic heterocycles. The van der Waals surface area contributed by atoms with Crippen LogP contribution in [0.5, 0.6) is 0 Å². The summed E-state index contributed by atoms with van der Waals surface area (Å²) in [6.07, 6.45) is 0.580. The fourth-order valence-corrected chi connectivity index (χ4v) is 3.04. The average Bonchev–Trinajstić information content (AvgIpc) is 2.26. The first-order valence-corrected chi connectivity index (χ1v) is 7.66. The summed E-state index contributed by atoms with van der Waals surface area (Å²) in [5.41, 5.74) is 1.76. The topological polar surface area (TPSA) is 29.5 Å². The first-order chi connectivity index (χ1) is 9.10. The van der Waals surface area contributed by atoms with Crippen molar-refractivity contribution in [3.05, 3.63) is 33.8 Å². The fourth-order valence-electron chi connectivity index (χ4n) is 2.49. The maximum absolute atomic E-state index is 12.4. The molecule has 0 saturated carbocycles. The van der Waals surface area contributed by atoms with E-state index in [2.05, 4.69) is 41.9 Å². The van der Waals surface area contributed by atoms with E-state index in [0.29, 0.717) is 6.54 Å². The van der Waals surface area contributed by atoms with Crippen molar-refractivity contribution in [2.24, 2.45) is 0 Å². The van der Waals surface area contributed by atoms with E-state index in [-0.39, 0.29) is 11.6 Å². The molecule has 0 unspecified atom stereocenters. The summed E-state index contributed by atoms with van der Waals surface area (Å²) in [7, 11) is 0. The second-order valence-electron chi connectivity index (χ2n) is 6.93. The van der Waals surface area contributed by atoms with Crippen LogP contribution in [0.4, 0.5) is 4.79 Å². The highest BCUT2D eigenvalue weighted by molar-refractivity contribution is 9.10. The zero-order chi connectivity index (χ0) is 15.1. The lowest BCUT2D eigenvalue weighted by Crippen LogP contribution is -2.52. The minimum absolute atomic E-state index is 0.242. The molecule has 3 nitrogen and oxygen atoms in total. The van der Waals surface area contributed by atoms with Crippen molar-refractivity contribution in [2.45, 2.75) is 58.7 Å². The van der Waals surface area contributed by atoms with Crippen LogP contribution in [0.25, 0.3) is 0 Å². The number of benzene rings is 1. The highest BCUT2D eigenvalue weighted by Crippen LogP contribution is 2.35. The van der Waals surface area contributed by atoms with Gasteiger partial charge in [-0.2, -0.15) is 0 Å². The molecule has 1 aliphatic rings. The van der Waals surface area contributed by atoms with Crippen LogP contribution in [0, 0.1) is 0 Å². The van der Waals surface area contributed by atoms with E-state index in [1.54, 1.807) is 0 Å². The first-order valence-electron chi connectivity index (χ1n) is 6.87. The van der Waals surface area contributed by atoms with E-state index in [4.69, 9.17) is 4.74 Å². The number of hydrogen-bond donors (Lipinski definition) is 0. The van der Waals surface area contributed by atoms with Gasteiger partial charge in [-0.15, -0.1) is 0 Å². The van der Waals surface area contributed by atoms with Crippen molar-refractivity contribution in [3.63, 3.8) is 0 Å². The van der Waals surface area contributed by atoms with E-state index >= 15 is 0 Å². The molecular formula is C16H22BrNO2. The second-order valence-corrected chi connectivity index (χ2v) is 7.79. The summed E-state index contributed by atoms with van der Waals surface area (Å²) >= 11 is 3.60. The molecule has 20 heavy (non-hydrogen) atoms. The van der Waals surface area contributed by atoms with Gasteiger partial charge in [0.15, 0.2) is 0 Å². The molecule has 0 saturated heterocycles. The lowest BCUT2D eigenvalue weighted by molar-refractivity contribution is -0.00259. The molecule has 0 fully saturated rings. The molecule has 1 aromatic rings. The summed E-state index contributed by atoms with van der Waals surface area (Å²) in [5.74, 6) is 0. The predicted molar refractivity (Wildman–Crippen MR) is 83.7 cm³/mol. The van der Waals surface area contributed by atoms with Gasteiger partial charge in [0.1, 0.15) is 5.60 Å². The molecule has 4 heteroatoms. The molecule has 0 aliphatic carbocycles. The standard InChI is InChI=1S/C16H22BrNO2/c1-15(2,3)20-14(19)18-10-11-7-6-8-13(17)12(11)9-16(18,4)5/h6-8H,9-10H2,1-5H3. The molecule has 2 rings (SSSR count). The largest absolute Gasteiger partial charge is 0.444 e. The van der Waals surface area contributed by atoms with Crippen molar-refractivity contribution >= 4 is 22.0 Å². The normalized spacial score (nSPS) is 17.6. The number of carbonyl (C=O) groups excluding carboxylic acids is 1. The first kappa shape index (κ1) is 15.4. The maximum Gasteiger partial charge on any atom is 0.411 e. The van der Waals surface area contributed by atoms with Crippen LogP contribution in [0.2, 0.25) is 0 Å². The minimum Gasteiger partial charge on any atom is -0.444 e. The minimum atomic E-state index is -0.468. The Kier molecular flexibility index (Phi) is 3.89. The lowest BCUT2D eigenvalue weighted by atomic mass is 9.86. The van der Waals surface area contributed by atoms with Gasteiger partial charge in [0.25, 0.3) is 0 Å². The van der Waals surface area contributed by atoms with Gasteiger partial charge >= 0.3 is 6.09 Å². The molecule has 1 amide bonds. The lowest BCUT2D eigenvalue weighted by Gasteiger charge is -2.43. The number of rotatable bonds is 0. The number of halogens is 1. The zero-order valence-electron chi connectivity index (χ0n) is 12.8. The van der Waals surface area contributed by atoms with Crippen LogP contribution < -0.4 is 0 Å². The Hall–Kier alpha value is -1.03. The Morgan fingerprint density at radius 2 is 2.00 bits per heavy atom. The maximum atomic E-state index is 12.4. The van der Waals surface area contributed by atoms with E-state index in [1.807, 2.05) is 31.7 Å². The third kappa shape index (κ3) is 3.17. The smallest absolute Gasteiger partial charge is 0.411 e. The number of amides is 1. The van der Waals surface area contributed by atoms with Crippen molar-refractivity contribution in [1.29, 1.82) is 0 Å². The Morgan fingerprint density at radius 1 is 1.35 bits per heavy atom. The molecular weight excluding hydrogens is 318 g/mol. The number of ether oxygens (including phenoxy) is 1. The summed E-state index contributed by atoms with van der Waals surface area (Å²) in [6.45, 7) is 10.4. The fraction of sp³-hybridized carbons (Fsp3) is 0.562. The third-order valence-electron chi connectivity index (χ3n) is 3.50. The average molecular weight is 340 g/mol. The number of nitrogens with zero attached hydrogens (tertiary/aromatic N) is 1. The van der Waals surface area contributed by atoms with Crippen molar-refractivity contribution in [3.8, 4) is 0 Å². The summed E-state index contributed by atoms with van der Waals surface area (Å²) in [6, 6.07) is 6.14. The predicted octanol–water partition coefficient (Wildman–Crippen LogP) is 4.52. The van der Waals surface area contributed by atoms with Gasteiger partial charge in [0.2, 0.25) is 0 Å². The van der Waals surface area contributed by atoms with E-state index < -0.39 is 5.60 Å². The summed E-state index contributed by atoms with van der Waals surface area (Å²) in [4.78, 5) is 14.2. The van der Waals surface area contributed by atoms with Gasteiger partial charge in [0.05, 0.1) is 0 Å². The quantitative estimate of drug-likeness (QED) is 0.695. The van der Waals surface area contributed by atoms with Crippen molar-refractivity contribution < 1.29 is 9.53 Å². The highest BCUT2D eigenvalue weighted by atomic mass is 79.9. The molecule has 110 valence electrons. The van der Waals surface area contributed by atoms with Gasteiger partial charge in [-0.25, -0.2) is 4.79 Å². The third-order valence-corrected chi connectivity index (χ3v) is 4.24. The van der Waals surface area contributed by atoms with Crippen LogP contribution in [-0.2, 0) is 17.7 Å². The molecule has 1 heterocycles. The van der Waals surface area contributed by atoms with Crippen LogP contribution in [0.15, 0.2) is 22.7 Å². The van der Waals surface area contributed by atoms with Crippen molar-refractivity contribution in [2.75, 3.05) is 0 Å². The summed E-state index contributed by atoms with van der Waals surface area (Å²) < 4.78 is 6.65. The van der Waals surface area contributed by atoms with E-state index in [0.717, 1.165) is 10.9 Å². The highest BCUT2D eigenvalue weighted by Gasteiger charge is 2.38. The molecule has 0 spiro atoms.